The van der Waals surface area contributed by atoms with Crippen molar-refractivity contribution in [1.82, 2.24) is 9.99 Å². The number of hydrazone groups is 1. The number of aromatic nitrogens is 1. The van der Waals surface area contributed by atoms with E-state index in [1.54, 1.807) is 54.7 Å². The number of hydrogen-bond acceptors (Lipinski definition) is 3. The quantitative estimate of drug-likeness (QED) is 0.316. The first-order valence-electron chi connectivity index (χ1n) is 11.3. The van der Waals surface area contributed by atoms with Crippen LogP contribution < -0.4 is 5.43 Å². The summed E-state index contributed by atoms with van der Waals surface area (Å²) in [5, 5.41) is 15.7. The third-order valence-electron chi connectivity index (χ3n) is 6.37. The van der Waals surface area contributed by atoms with Crippen LogP contribution >= 0.6 is 0 Å². The maximum Gasteiger partial charge on any atom is 0.281 e. The van der Waals surface area contributed by atoms with Crippen molar-refractivity contribution in [2.24, 2.45) is 5.10 Å². The molecule has 0 aliphatic rings. The summed E-state index contributed by atoms with van der Waals surface area (Å²) in [4.78, 5) is 13.2. The van der Waals surface area contributed by atoms with Crippen LogP contribution in [0.1, 0.15) is 39.2 Å². The standard InChI is InChI=1S/C29H29N3O2/c1-20-12-11-17-27(22(20)3)32-21(2)18-24(23(32)4)19-30-31-28(33)29(34,25-13-7-5-8-14-25)26-15-9-6-10-16-26/h5-19,34H,1-4H3,(H,31,33)/b30-19-. The molecule has 2 N–H and O–H groups in total. The molecule has 0 saturated carbocycles. The highest BCUT2D eigenvalue weighted by molar-refractivity contribution is 5.91. The Morgan fingerprint density at radius 2 is 1.47 bits per heavy atom. The summed E-state index contributed by atoms with van der Waals surface area (Å²) >= 11 is 0. The largest absolute Gasteiger partial charge is 0.372 e. The molecule has 1 aromatic heterocycles. The fourth-order valence-electron chi connectivity index (χ4n) is 4.30. The molecule has 0 saturated heterocycles. The van der Waals surface area contributed by atoms with E-state index in [1.807, 2.05) is 32.0 Å². The molecule has 1 heterocycles. The minimum atomic E-state index is -1.87. The van der Waals surface area contributed by atoms with Crippen molar-refractivity contribution in [3.63, 3.8) is 0 Å². The number of amides is 1. The van der Waals surface area contributed by atoms with Crippen molar-refractivity contribution < 1.29 is 9.90 Å². The molecule has 0 atom stereocenters. The first-order valence-corrected chi connectivity index (χ1v) is 11.3. The van der Waals surface area contributed by atoms with Crippen molar-refractivity contribution >= 4 is 12.1 Å². The number of nitrogens with zero attached hydrogens (tertiary/aromatic N) is 2. The predicted octanol–water partition coefficient (Wildman–Crippen LogP) is 5.10. The molecule has 0 bridgehead atoms. The van der Waals surface area contributed by atoms with Crippen LogP contribution in [0.5, 0.6) is 0 Å². The molecule has 0 spiro atoms. The van der Waals surface area contributed by atoms with Gasteiger partial charge >= 0.3 is 0 Å². The second kappa shape index (κ2) is 9.49. The number of aryl methyl sites for hydroxylation is 2. The fraction of sp³-hybridized carbons (Fsp3) is 0.172. The summed E-state index contributed by atoms with van der Waals surface area (Å²) in [6, 6.07) is 26.1. The van der Waals surface area contributed by atoms with Crippen LogP contribution in [0.4, 0.5) is 0 Å². The van der Waals surface area contributed by atoms with Crippen LogP contribution in [0.2, 0.25) is 0 Å². The fourth-order valence-corrected chi connectivity index (χ4v) is 4.30. The molecule has 4 rings (SSSR count). The van der Waals surface area contributed by atoms with Gasteiger partial charge in [-0.05, 0) is 62.1 Å². The Labute approximate surface area is 200 Å². The molecule has 4 aromatic rings. The molecule has 5 heteroatoms. The number of rotatable bonds is 6. The molecular weight excluding hydrogens is 422 g/mol. The van der Waals surface area contributed by atoms with Gasteiger partial charge in [-0.25, -0.2) is 5.43 Å². The van der Waals surface area contributed by atoms with E-state index in [2.05, 4.69) is 47.1 Å². The van der Waals surface area contributed by atoms with Crippen molar-refractivity contribution in [2.45, 2.75) is 33.3 Å². The smallest absolute Gasteiger partial charge is 0.281 e. The molecular formula is C29H29N3O2. The van der Waals surface area contributed by atoms with Gasteiger partial charge in [0.1, 0.15) is 0 Å². The van der Waals surface area contributed by atoms with E-state index in [9.17, 15) is 9.90 Å². The summed E-state index contributed by atoms with van der Waals surface area (Å²) in [6.07, 6.45) is 1.62. The molecule has 0 aliphatic carbocycles. The van der Waals surface area contributed by atoms with Crippen LogP contribution in [0, 0.1) is 27.7 Å². The Balaban J connectivity index is 1.63. The third kappa shape index (κ3) is 4.18. The van der Waals surface area contributed by atoms with Crippen molar-refractivity contribution in [2.75, 3.05) is 0 Å². The highest BCUT2D eigenvalue weighted by Crippen LogP contribution is 2.30. The van der Waals surface area contributed by atoms with Crippen LogP contribution in [-0.4, -0.2) is 21.8 Å². The van der Waals surface area contributed by atoms with Crippen molar-refractivity contribution in [1.29, 1.82) is 0 Å². The molecule has 1 amide bonds. The zero-order chi connectivity index (χ0) is 24.3. The Morgan fingerprint density at radius 1 is 0.882 bits per heavy atom. The van der Waals surface area contributed by atoms with Crippen LogP contribution in [-0.2, 0) is 10.4 Å². The van der Waals surface area contributed by atoms with E-state index in [0.29, 0.717) is 11.1 Å². The van der Waals surface area contributed by atoms with E-state index in [-0.39, 0.29) is 0 Å². The van der Waals surface area contributed by atoms with Crippen molar-refractivity contribution in [3.05, 3.63) is 124 Å². The van der Waals surface area contributed by atoms with Gasteiger partial charge in [0.05, 0.1) is 6.21 Å². The summed E-state index contributed by atoms with van der Waals surface area (Å²) < 4.78 is 2.19. The number of hydrogen-bond donors (Lipinski definition) is 2. The van der Waals surface area contributed by atoms with E-state index in [0.717, 1.165) is 22.6 Å². The maximum atomic E-state index is 13.2. The Kier molecular flexibility index (Phi) is 6.48. The lowest BCUT2D eigenvalue weighted by Crippen LogP contribution is -2.43. The van der Waals surface area contributed by atoms with Gasteiger partial charge in [0, 0.05) is 22.6 Å². The third-order valence-corrected chi connectivity index (χ3v) is 6.37. The SMILES string of the molecule is Cc1cccc(-n2c(C)cc(/C=N\NC(=O)C(O)(c3ccccc3)c3ccccc3)c2C)c1C. The Morgan fingerprint density at radius 3 is 2.06 bits per heavy atom. The highest BCUT2D eigenvalue weighted by atomic mass is 16.3. The molecule has 0 radical (unpaired) electrons. The normalized spacial score (nSPS) is 11.7. The molecule has 0 fully saturated rings. The summed E-state index contributed by atoms with van der Waals surface area (Å²) in [7, 11) is 0. The molecule has 0 unspecified atom stereocenters. The zero-order valence-corrected chi connectivity index (χ0v) is 19.9. The molecule has 0 aliphatic heterocycles. The number of benzene rings is 3. The topological polar surface area (TPSA) is 66.6 Å². The predicted molar refractivity (Wildman–Crippen MR) is 136 cm³/mol. The Bertz CT molecular complexity index is 1300. The van der Waals surface area contributed by atoms with E-state index >= 15 is 0 Å². The van der Waals surface area contributed by atoms with Gasteiger partial charge in [0.2, 0.25) is 0 Å². The second-order valence-corrected chi connectivity index (χ2v) is 8.52. The first-order chi connectivity index (χ1) is 16.3. The lowest BCUT2D eigenvalue weighted by molar-refractivity contribution is -0.136. The number of aliphatic hydroxyl groups is 1. The number of carbonyl (C=O) groups is 1. The van der Waals surface area contributed by atoms with Gasteiger partial charge in [0.15, 0.2) is 5.60 Å². The molecule has 3 aromatic carbocycles. The summed E-state index contributed by atoms with van der Waals surface area (Å²) in [6.45, 7) is 8.30. The van der Waals surface area contributed by atoms with Crippen molar-refractivity contribution in [3.8, 4) is 5.69 Å². The van der Waals surface area contributed by atoms with Crippen LogP contribution in [0.15, 0.2) is 90.0 Å². The van der Waals surface area contributed by atoms with Gasteiger partial charge in [-0.3, -0.25) is 4.79 Å². The summed E-state index contributed by atoms with van der Waals surface area (Å²) in [5.41, 5.74) is 8.20. The first kappa shape index (κ1) is 23.2. The van der Waals surface area contributed by atoms with Gasteiger partial charge in [0.25, 0.3) is 5.91 Å². The van der Waals surface area contributed by atoms with Gasteiger partial charge in [-0.15, -0.1) is 0 Å². The average molecular weight is 452 g/mol. The minimum absolute atomic E-state index is 0.474. The number of carbonyl (C=O) groups excluding carboxylic acids is 1. The molecule has 172 valence electrons. The van der Waals surface area contributed by atoms with Gasteiger partial charge < -0.3 is 9.67 Å². The lowest BCUT2D eigenvalue weighted by Gasteiger charge is -2.27. The maximum absolute atomic E-state index is 13.2. The minimum Gasteiger partial charge on any atom is -0.372 e. The van der Waals surface area contributed by atoms with E-state index in [1.165, 1.54) is 11.1 Å². The monoisotopic (exact) mass is 451 g/mol. The summed E-state index contributed by atoms with van der Waals surface area (Å²) in [5.74, 6) is -0.621. The van der Waals surface area contributed by atoms with E-state index < -0.39 is 11.5 Å². The molecule has 5 nitrogen and oxygen atoms in total. The molecule has 34 heavy (non-hydrogen) atoms. The van der Waals surface area contributed by atoms with E-state index in [4.69, 9.17) is 0 Å². The van der Waals surface area contributed by atoms with Gasteiger partial charge in [-0.2, -0.15) is 5.10 Å². The Hall–Kier alpha value is -3.96. The number of nitrogens with one attached hydrogen (secondary N) is 1. The average Bonchev–Trinajstić information content (AvgIpc) is 3.14. The van der Waals surface area contributed by atoms with Crippen LogP contribution in [0.25, 0.3) is 5.69 Å². The highest BCUT2D eigenvalue weighted by Gasteiger charge is 2.39. The zero-order valence-electron chi connectivity index (χ0n) is 19.9. The lowest BCUT2D eigenvalue weighted by atomic mass is 9.85. The van der Waals surface area contributed by atoms with Gasteiger partial charge in [-0.1, -0.05) is 72.8 Å². The van der Waals surface area contributed by atoms with Crippen LogP contribution in [0.3, 0.4) is 0 Å². The second-order valence-electron chi connectivity index (χ2n) is 8.52.